The highest BCUT2D eigenvalue weighted by molar-refractivity contribution is 7.20. The lowest BCUT2D eigenvalue weighted by Gasteiger charge is -2.11. The van der Waals surface area contributed by atoms with Crippen LogP contribution in [0.3, 0.4) is 0 Å². The maximum atomic E-state index is 9.42. The van der Waals surface area contributed by atoms with Crippen LogP contribution in [-0.4, -0.2) is 61.2 Å². The first-order chi connectivity index (χ1) is 15.7. The van der Waals surface area contributed by atoms with Crippen molar-refractivity contribution in [3.8, 4) is 11.2 Å². The highest BCUT2D eigenvalue weighted by Crippen LogP contribution is 2.30. The number of aromatic nitrogens is 5. The third-order valence-corrected chi connectivity index (χ3v) is 5.16. The SMILES string of the molecule is N#Cc1cc(/N=N/c2ncn(-c3nc4ccccc4s3)n2)c(NCCO)nc1NCCO. The Kier molecular flexibility index (Phi) is 6.56. The van der Waals surface area contributed by atoms with E-state index < -0.39 is 0 Å². The van der Waals surface area contributed by atoms with Gasteiger partial charge in [-0.15, -0.1) is 15.3 Å². The van der Waals surface area contributed by atoms with Crippen LogP contribution in [0.1, 0.15) is 5.56 Å². The summed E-state index contributed by atoms with van der Waals surface area (Å²) in [5.74, 6) is 0.713. The predicted molar refractivity (Wildman–Crippen MR) is 119 cm³/mol. The van der Waals surface area contributed by atoms with Crippen molar-refractivity contribution in [1.82, 2.24) is 24.7 Å². The van der Waals surface area contributed by atoms with E-state index in [4.69, 9.17) is 10.2 Å². The number of nitriles is 1. The number of nitrogens with zero attached hydrogens (tertiary/aromatic N) is 8. The van der Waals surface area contributed by atoms with E-state index in [2.05, 4.69) is 40.9 Å². The first-order valence-electron chi connectivity index (χ1n) is 9.55. The van der Waals surface area contributed by atoms with Gasteiger partial charge in [0.15, 0.2) is 5.82 Å². The van der Waals surface area contributed by atoms with E-state index in [1.54, 1.807) is 0 Å². The Morgan fingerprint density at radius 1 is 1.06 bits per heavy atom. The summed E-state index contributed by atoms with van der Waals surface area (Å²) in [7, 11) is 0. The van der Waals surface area contributed by atoms with E-state index in [-0.39, 0.29) is 43.5 Å². The summed E-state index contributed by atoms with van der Waals surface area (Å²) >= 11 is 1.48. The summed E-state index contributed by atoms with van der Waals surface area (Å²) in [6.45, 7) is 0.225. The summed E-state index contributed by atoms with van der Waals surface area (Å²) < 4.78 is 2.55. The number of fused-ring (bicyclic) bond motifs is 1. The van der Waals surface area contributed by atoms with Crippen LogP contribution in [0.2, 0.25) is 0 Å². The number of aliphatic hydroxyl groups is 2. The van der Waals surface area contributed by atoms with E-state index in [1.807, 2.05) is 30.3 Å². The Balaban J connectivity index is 1.61. The van der Waals surface area contributed by atoms with Crippen LogP contribution in [0, 0.1) is 11.3 Å². The van der Waals surface area contributed by atoms with Crippen LogP contribution in [0.5, 0.6) is 0 Å². The molecule has 4 aromatic rings. The van der Waals surface area contributed by atoms with Crippen LogP contribution in [0.4, 0.5) is 23.3 Å². The van der Waals surface area contributed by atoms with Crippen molar-refractivity contribution in [1.29, 1.82) is 5.26 Å². The molecule has 0 unspecified atom stereocenters. The number of aliphatic hydroxyl groups excluding tert-OH is 2. The van der Waals surface area contributed by atoms with E-state index in [0.717, 1.165) is 10.2 Å². The Morgan fingerprint density at radius 3 is 2.59 bits per heavy atom. The van der Waals surface area contributed by atoms with Gasteiger partial charge in [-0.25, -0.2) is 9.97 Å². The lowest BCUT2D eigenvalue weighted by Crippen LogP contribution is -2.12. The normalized spacial score (nSPS) is 11.2. The second-order valence-electron chi connectivity index (χ2n) is 6.32. The summed E-state index contributed by atoms with van der Waals surface area (Å²) in [6, 6.07) is 11.3. The maximum Gasteiger partial charge on any atom is 0.287 e. The fraction of sp³-hybridized carbons (Fsp3) is 0.211. The molecule has 0 saturated carbocycles. The standard InChI is InChI=1S/C19H18N10O2S/c20-10-12-9-14(17(22-6-8-31)25-16(12)21-5-7-30)26-27-18-23-11-29(28-18)19-24-13-3-1-2-4-15(13)32-19/h1-4,9,11,30-31H,5-8H2,(H2,21,22,25)/b27-26+. The van der Waals surface area contributed by atoms with Gasteiger partial charge in [-0.2, -0.15) is 14.9 Å². The van der Waals surface area contributed by atoms with Crippen molar-refractivity contribution in [2.24, 2.45) is 10.2 Å². The molecule has 0 bridgehead atoms. The topological polar surface area (TPSA) is 170 Å². The molecule has 13 heteroatoms. The molecule has 4 N–H and O–H groups in total. The van der Waals surface area contributed by atoms with Crippen molar-refractivity contribution in [2.45, 2.75) is 0 Å². The number of anilines is 2. The lowest BCUT2D eigenvalue weighted by atomic mass is 10.2. The fourth-order valence-corrected chi connectivity index (χ4v) is 3.61. The van der Waals surface area contributed by atoms with Crippen molar-refractivity contribution < 1.29 is 10.2 Å². The molecule has 0 atom stereocenters. The number of thiazole rings is 1. The third kappa shape index (κ3) is 4.67. The Hall–Kier alpha value is -3.99. The first kappa shape index (κ1) is 21.2. The molecule has 0 saturated heterocycles. The number of hydrogen-bond donors (Lipinski definition) is 4. The molecule has 3 heterocycles. The smallest absolute Gasteiger partial charge is 0.287 e. The van der Waals surface area contributed by atoms with Crippen LogP contribution in [-0.2, 0) is 0 Å². The monoisotopic (exact) mass is 450 g/mol. The van der Waals surface area contributed by atoms with Gasteiger partial charge in [-0.1, -0.05) is 23.5 Å². The van der Waals surface area contributed by atoms with Gasteiger partial charge in [0.2, 0.25) is 5.13 Å². The van der Waals surface area contributed by atoms with Gasteiger partial charge in [0.1, 0.15) is 23.9 Å². The zero-order valence-corrected chi connectivity index (χ0v) is 17.5. The van der Waals surface area contributed by atoms with Crippen molar-refractivity contribution >= 4 is 44.8 Å². The van der Waals surface area contributed by atoms with E-state index in [9.17, 15) is 5.26 Å². The van der Waals surface area contributed by atoms with Crippen molar-refractivity contribution in [3.63, 3.8) is 0 Å². The van der Waals surface area contributed by atoms with Crippen LogP contribution in [0.25, 0.3) is 15.3 Å². The van der Waals surface area contributed by atoms with Gasteiger partial charge in [0.25, 0.3) is 5.95 Å². The average Bonchev–Trinajstić information content (AvgIpc) is 3.47. The van der Waals surface area contributed by atoms with Crippen LogP contribution < -0.4 is 10.6 Å². The summed E-state index contributed by atoms with van der Waals surface area (Å²) in [6.07, 6.45) is 1.50. The second kappa shape index (κ2) is 9.88. The highest BCUT2D eigenvalue weighted by Gasteiger charge is 2.13. The maximum absolute atomic E-state index is 9.42. The molecule has 0 spiro atoms. The molecular formula is C19H18N10O2S. The number of nitrogens with one attached hydrogen (secondary N) is 2. The first-order valence-corrected chi connectivity index (χ1v) is 10.4. The van der Waals surface area contributed by atoms with E-state index >= 15 is 0 Å². The number of hydrogen-bond acceptors (Lipinski definition) is 12. The minimum Gasteiger partial charge on any atom is -0.395 e. The molecule has 4 rings (SSSR count). The van der Waals surface area contributed by atoms with E-state index in [0.29, 0.717) is 16.8 Å². The molecule has 0 aliphatic rings. The Bertz CT molecular complexity index is 1260. The van der Waals surface area contributed by atoms with Crippen LogP contribution in [0.15, 0.2) is 46.9 Å². The molecule has 32 heavy (non-hydrogen) atoms. The second-order valence-corrected chi connectivity index (χ2v) is 7.33. The molecule has 0 aliphatic heterocycles. The number of azo groups is 1. The number of rotatable bonds is 9. The fourth-order valence-electron chi connectivity index (χ4n) is 2.73. The Morgan fingerprint density at radius 2 is 1.84 bits per heavy atom. The zero-order chi connectivity index (χ0) is 22.3. The minimum absolute atomic E-state index is 0.110. The molecule has 0 fully saturated rings. The van der Waals surface area contributed by atoms with Gasteiger partial charge < -0.3 is 20.8 Å². The van der Waals surface area contributed by atoms with Crippen LogP contribution >= 0.6 is 11.3 Å². The van der Waals surface area contributed by atoms with Crippen molar-refractivity contribution in [2.75, 3.05) is 36.9 Å². The molecule has 162 valence electrons. The van der Waals surface area contributed by atoms with Gasteiger partial charge in [0, 0.05) is 13.1 Å². The molecule has 12 nitrogen and oxygen atoms in total. The minimum atomic E-state index is -0.119. The number of pyridine rings is 1. The van der Waals surface area contributed by atoms with Crippen molar-refractivity contribution in [3.05, 3.63) is 42.2 Å². The Labute approximate surface area is 185 Å². The largest absolute Gasteiger partial charge is 0.395 e. The molecular weight excluding hydrogens is 432 g/mol. The molecule has 3 aromatic heterocycles. The van der Waals surface area contributed by atoms with Gasteiger partial charge >= 0.3 is 0 Å². The third-order valence-electron chi connectivity index (χ3n) is 4.14. The number of benzene rings is 1. The lowest BCUT2D eigenvalue weighted by molar-refractivity contribution is 0.311. The summed E-state index contributed by atoms with van der Waals surface area (Å²) in [4.78, 5) is 13.0. The van der Waals surface area contributed by atoms with Gasteiger partial charge in [0.05, 0.1) is 29.0 Å². The average molecular weight is 450 g/mol. The quantitative estimate of drug-likeness (QED) is 0.280. The van der Waals surface area contributed by atoms with Gasteiger partial charge in [-0.3, -0.25) is 0 Å². The molecule has 1 aromatic carbocycles. The van der Waals surface area contributed by atoms with E-state index in [1.165, 1.54) is 28.4 Å². The highest BCUT2D eigenvalue weighted by atomic mass is 32.1. The molecule has 0 amide bonds. The molecule has 0 aliphatic carbocycles. The van der Waals surface area contributed by atoms with Gasteiger partial charge in [-0.05, 0) is 18.2 Å². The summed E-state index contributed by atoms with van der Waals surface area (Å²) in [5.41, 5.74) is 1.38. The summed E-state index contributed by atoms with van der Waals surface area (Å²) in [5, 5.41) is 46.5. The zero-order valence-electron chi connectivity index (χ0n) is 16.7. The predicted octanol–water partition coefficient (Wildman–Crippen LogP) is 2.37. The number of para-hydroxylation sites is 1. The molecule has 0 radical (unpaired) electrons.